The number of aromatic amines is 1. The fourth-order valence-corrected chi connectivity index (χ4v) is 4.18. The number of rotatable bonds is 6. The van der Waals surface area contributed by atoms with Crippen molar-refractivity contribution < 1.29 is 23.8 Å². The molecular weight excluding hydrogens is 450 g/mol. The summed E-state index contributed by atoms with van der Waals surface area (Å²) in [4.78, 5) is 31.3. The highest BCUT2D eigenvalue weighted by molar-refractivity contribution is 6.33. The topological polar surface area (TPSA) is 119 Å². The number of nitrogens with zero attached hydrogens (tertiary/aromatic N) is 3. The van der Waals surface area contributed by atoms with Gasteiger partial charge in [0.05, 0.1) is 43.8 Å². The summed E-state index contributed by atoms with van der Waals surface area (Å²) in [5.74, 6) is -0.722. The van der Waals surface area contributed by atoms with E-state index in [4.69, 9.17) is 25.8 Å². The fraction of sp³-hybridized carbons (Fsp3) is 0.545. The summed E-state index contributed by atoms with van der Waals surface area (Å²) >= 11 is 6.23. The maximum absolute atomic E-state index is 13.0. The maximum Gasteiger partial charge on any atom is 0.271 e. The molecule has 0 bridgehead atoms. The highest BCUT2D eigenvalue weighted by atomic mass is 35.5. The first kappa shape index (κ1) is 23.5. The maximum atomic E-state index is 13.0. The van der Waals surface area contributed by atoms with Gasteiger partial charge in [-0.1, -0.05) is 11.6 Å². The van der Waals surface area contributed by atoms with Crippen molar-refractivity contribution >= 4 is 23.4 Å². The van der Waals surface area contributed by atoms with Crippen molar-refractivity contribution in [3.8, 4) is 17.1 Å². The summed E-state index contributed by atoms with van der Waals surface area (Å²) < 4.78 is 16.4. The van der Waals surface area contributed by atoms with Crippen LogP contribution in [-0.4, -0.2) is 77.6 Å². The number of amides is 2. The van der Waals surface area contributed by atoms with Crippen molar-refractivity contribution in [1.82, 2.24) is 25.4 Å². The first-order valence-corrected chi connectivity index (χ1v) is 11.4. The van der Waals surface area contributed by atoms with E-state index in [9.17, 15) is 9.59 Å². The molecule has 4 rings (SSSR count). The monoisotopic (exact) mass is 477 g/mol. The van der Waals surface area contributed by atoms with Crippen LogP contribution < -0.4 is 10.1 Å². The molecule has 2 N–H and O–H groups in total. The number of likely N-dealkylation sites (tertiary alicyclic amines) is 1. The van der Waals surface area contributed by atoms with Crippen LogP contribution >= 0.6 is 11.6 Å². The van der Waals surface area contributed by atoms with E-state index in [-0.39, 0.29) is 17.7 Å². The van der Waals surface area contributed by atoms with Crippen LogP contribution in [0.15, 0.2) is 18.3 Å². The molecule has 4 heterocycles. The van der Waals surface area contributed by atoms with E-state index in [0.717, 1.165) is 6.42 Å². The van der Waals surface area contributed by atoms with Gasteiger partial charge in [0.2, 0.25) is 11.8 Å². The highest BCUT2D eigenvalue weighted by Gasteiger charge is 2.32. The van der Waals surface area contributed by atoms with E-state index < -0.39 is 5.79 Å². The van der Waals surface area contributed by atoms with Gasteiger partial charge in [-0.15, -0.1) is 0 Å². The lowest BCUT2D eigenvalue weighted by Gasteiger charge is -2.35. The van der Waals surface area contributed by atoms with Crippen LogP contribution in [0.2, 0.25) is 5.02 Å². The van der Waals surface area contributed by atoms with Crippen LogP contribution in [-0.2, 0) is 14.3 Å². The Morgan fingerprint density at radius 2 is 2.03 bits per heavy atom. The summed E-state index contributed by atoms with van der Waals surface area (Å²) in [7, 11) is 1.52. The molecule has 2 aliphatic rings. The Kier molecular flexibility index (Phi) is 7.16. The molecule has 0 aliphatic carbocycles. The van der Waals surface area contributed by atoms with Crippen LogP contribution in [0.1, 0.15) is 36.7 Å². The zero-order chi connectivity index (χ0) is 23.4. The number of carbonyl (C=O) groups excluding carboxylic acids is 2. The Hall–Kier alpha value is -2.69. The van der Waals surface area contributed by atoms with Crippen molar-refractivity contribution in [1.29, 1.82) is 0 Å². The number of piperidine rings is 1. The Labute approximate surface area is 196 Å². The molecule has 2 fully saturated rings. The molecule has 2 aliphatic heterocycles. The fourth-order valence-electron chi connectivity index (χ4n) is 3.98. The van der Waals surface area contributed by atoms with Gasteiger partial charge in [0.15, 0.2) is 5.79 Å². The number of methoxy groups -OCH3 is 1. The lowest BCUT2D eigenvalue weighted by Crippen LogP contribution is -2.50. The number of halogens is 1. The van der Waals surface area contributed by atoms with Crippen molar-refractivity contribution in [2.24, 2.45) is 5.92 Å². The third-order valence-electron chi connectivity index (χ3n) is 5.96. The Morgan fingerprint density at radius 3 is 2.73 bits per heavy atom. The molecule has 0 spiro atoms. The summed E-state index contributed by atoms with van der Waals surface area (Å²) in [6.07, 6.45) is 3.51. The molecule has 2 aromatic rings. The minimum absolute atomic E-state index is 0.0359. The largest absolute Gasteiger partial charge is 0.481 e. The molecule has 2 amide bonds. The second kappa shape index (κ2) is 10.1. The minimum Gasteiger partial charge on any atom is -0.481 e. The lowest BCUT2D eigenvalue weighted by molar-refractivity contribution is -0.252. The predicted octanol–water partition coefficient (Wildman–Crippen LogP) is 2.26. The van der Waals surface area contributed by atoms with Gasteiger partial charge >= 0.3 is 0 Å². The first-order chi connectivity index (χ1) is 15.9. The summed E-state index contributed by atoms with van der Waals surface area (Å²) in [5, 5.41) is 10.4. The summed E-state index contributed by atoms with van der Waals surface area (Å²) in [6, 6.07) is 3.33. The number of nitrogens with one attached hydrogen (secondary N) is 2. The van der Waals surface area contributed by atoms with Gasteiger partial charge in [0, 0.05) is 30.6 Å². The van der Waals surface area contributed by atoms with E-state index in [2.05, 4.69) is 20.5 Å². The van der Waals surface area contributed by atoms with E-state index in [0.29, 0.717) is 73.5 Å². The van der Waals surface area contributed by atoms with E-state index in [1.807, 2.05) is 6.92 Å². The highest BCUT2D eigenvalue weighted by Crippen LogP contribution is 2.29. The number of ether oxygens (including phenoxy) is 3. The van der Waals surface area contributed by atoms with Gasteiger partial charge in [-0.2, -0.15) is 5.10 Å². The smallest absolute Gasteiger partial charge is 0.271 e. The Bertz CT molecular complexity index is 999. The molecule has 10 nitrogen and oxygen atoms in total. The minimum atomic E-state index is -0.773. The predicted molar refractivity (Wildman–Crippen MR) is 120 cm³/mol. The normalized spacial score (nSPS) is 18.7. The average Bonchev–Trinajstić information content (AvgIpc) is 3.33. The molecular formula is C22H28ClN5O5. The van der Waals surface area contributed by atoms with Crippen molar-refractivity contribution in [2.45, 2.75) is 32.0 Å². The molecule has 2 saturated heterocycles. The van der Waals surface area contributed by atoms with Crippen LogP contribution in [0.5, 0.6) is 5.88 Å². The van der Waals surface area contributed by atoms with Gasteiger partial charge in [-0.3, -0.25) is 14.7 Å². The molecule has 33 heavy (non-hydrogen) atoms. The van der Waals surface area contributed by atoms with Gasteiger partial charge in [-0.25, -0.2) is 4.98 Å². The molecule has 0 unspecified atom stereocenters. The third kappa shape index (κ3) is 5.45. The van der Waals surface area contributed by atoms with E-state index >= 15 is 0 Å². The number of hydrogen-bond acceptors (Lipinski definition) is 7. The third-order valence-corrected chi connectivity index (χ3v) is 6.26. The summed E-state index contributed by atoms with van der Waals surface area (Å²) in [5.41, 5.74) is 1.51. The van der Waals surface area contributed by atoms with Crippen LogP contribution in [0.4, 0.5) is 0 Å². The summed E-state index contributed by atoms with van der Waals surface area (Å²) in [6.45, 7) is 4.37. The zero-order valence-electron chi connectivity index (χ0n) is 18.7. The van der Waals surface area contributed by atoms with Crippen molar-refractivity contribution in [2.75, 3.05) is 40.0 Å². The molecule has 0 radical (unpaired) electrons. The average molecular weight is 478 g/mol. The first-order valence-electron chi connectivity index (χ1n) is 11.0. The van der Waals surface area contributed by atoms with Gasteiger partial charge in [0.25, 0.3) is 5.91 Å². The Morgan fingerprint density at radius 1 is 1.30 bits per heavy atom. The number of aromatic nitrogens is 3. The van der Waals surface area contributed by atoms with Crippen molar-refractivity contribution in [3.05, 3.63) is 29.0 Å². The molecule has 178 valence electrons. The number of pyridine rings is 1. The van der Waals surface area contributed by atoms with Gasteiger partial charge in [0.1, 0.15) is 5.69 Å². The van der Waals surface area contributed by atoms with E-state index in [1.54, 1.807) is 17.0 Å². The number of carbonyl (C=O) groups is 2. The molecule has 0 atom stereocenters. The second-order valence-corrected chi connectivity index (χ2v) is 8.75. The standard InChI is InChI=1S/C22H28ClN5O5/c1-22(32-8-3-9-33-22)13-25-20(29)14-4-6-28(7-5-14)21(30)18-11-17(26-27-18)15-10-19(31-2)24-12-16(15)23/h10-12,14H,3-9,13H2,1-2H3,(H,25,29)(H,26,27). The SMILES string of the molecule is COc1cc(-c2cc(C(=O)N3CCC(C(=O)NCC4(C)OCCCO4)CC3)[nH]n2)c(Cl)cn1. The lowest BCUT2D eigenvalue weighted by atomic mass is 9.95. The zero-order valence-corrected chi connectivity index (χ0v) is 19.5. The second-order valence-electron chi connectivity index (χ2n) is 8.34. The quantitative estimate of drug-likeness (QED) is 0.655. The van der Waals surface area contributed by atoms with Crippen LogP contribution in [0, 0.1) is 5.92 Å². The van der Waals surface area contributed by atoms with Crippen molar-refractivity contribution in [3.63, 3.8) is 0 Å². The Balaban J connectivity index is 1.31. The van der Waals surface area contributed by atoms with Crippen LogP contribution in [0.3, 0.4) is 0 Å². The van der Waals surface area contributed by atoms with E-state index in [1.165, 1.54) is 13.3 Å². The molecule has 0 aromatic carbocycles. The molecule has 2 aromatic heterocycles. The molecule has 11 heteroatoms. The number of hydrogen-bond donors (Lipinski definition) is 2. The van der Waals surface area contributed by atoms with Gasteiger partial charge in [-0.05, 0) is 32.3 Å². The van der Waals surface area contributed by atoms with Crippen LogP contribution in [0.25, 0.3) is 11.3 Å². The van der Waals surface area contributed by atoms with Gasteiger partial charge < -0.3 is 24.4 Å². The number of H-pyrrole nitrogens is 1. The molecule has 0 saturated carbocycles.